The smallest absolute Gasteiger partial charge is 0.241 e. The van der Waals surface area contributed by atoms with Crippen LogP contribution in [0.2, 0.25) is 5.02 Å². The molecule has 0 saturated carbocycles. The molecule has 1 aromatic carbocycles. The van der Waals surface area contributed by atoms with Crippen LogP contribution in [0.25, 0.3) is 0 Å². The summed E-state index contributed by atoms with van der Waals surface area (Å²) in [7, 11) is -3.54. The Labute approximate surface area is 177 Å². The van der Waals surface area contributed by atoms with Crippen molar-refractivity contribution in [2.75, 3.05) is 22.9 Å². The lowest BCUT2D eigenvalue weighted by atomic mass is 9.98. The van der Waals surface area contributed by atoms with Gasteiger partial charge in [0.25, 0.3) is 0 Å². The second-order valence-electron chi connectivity index (χ2n) is 7.58. The van der Waals surface area contributed by atoms with E-state index in [1.165, 1.54) is 0 Å². The number of hydrogen-bond donors (Lipinski definition) is 3. The molecular formula is C19H28ClN5O3S. The van der Waals surface area contributed by atoms with Crippen molar-refractivity contribution < 1.29 is 13.5 Å². The fourth-order valence-corrected chi connectivity index (χ4v) is 3.45. The zero-order chi connectivity index (χ0) is 21.6. The standard InChI is InChI=1S/C19H28ClN5O3S/c1-12(2)9-16(11-26)21-18-22-17(23-19(24-18)25-29(4,27)28)10-13(3)14-5-7-15(20)8-6-14/h5-8,12-13,16,26H,9-11H2,1-4H3,(H2,21,22,23,24,25)/t13-,16-/m1/s1. The summed E-state index contributed by atoms with van der Waals surface area (Å²) in [5.41, 5.74) is 1.06. The molecule has 0 amide bonds. The first-order valence-corrected chi connectivity index (χ1v) is 11.7. The molecule has 0 spiro atoms. The maximum Gasteiger partial charge on any atom is 0.241 e. The summed E-state index contributed by atoms with van der Waals surface area (Å²) in [6.07, 6.45) is 2.23. The monoisotopic (exact) mass is 441 g/mol. The molecule has 2 atom stereocenters. The van der Waals surface area contributed by atoms with Crippen LogP contribution >= 0.6 is 11.6 Å². The predicted molar refractivity (Wildman–Crippen MR) is 116 cm³/mol. The number of aliphatic hydroxyl groups excluding tert-OH is 1. The number of sulfonamides is 1. The Kier molecular flexibility index (Phi) is 8.18. The molecule has 1 aromatic heterocycles. The number of hydrogen-bond acceptors (Lipinski definition) is 7. The molecule has 0 unspecified atom stereocenters. The molecule has 0 aliphatic rings. The Bertz CT molecular complexity index is 907. The van der Waals surface area contributed by atoms with E-state index in [9.17, 15) is 13.5 Å². The van der Waals surface area contributed by atoms with Gasteiger partial charge < -0.3 is 10.4 Å². The number of rotatable bonds is 10. The molecule has 0 radical (unpaired) electrons. The van der Waals surface area contributed by atoms with Crippen molar-refractivity contribution in [3.05, 3.63) is 40.7 Å². The first-order chi connectivity index (χ1) is 13.6. The van der Waals surface area contributed by atoms with E-state index in [2.05, 4.69) is 25.0 Å². The highest BCUT2D eigenvalue weighted by Gasteiger charge is 2.17. The van der Waals surface area contributed by atoms with Crippen LogP contribution in [0.5, 0.6) is 0 Å². The van der Waals surface area contributed by atoms with E-state index in [4.69, 9.17) is 11.6 Å². The second kappa shape index (κ2) is 10.2. The summed E-state index contributed by atoms with van der Waals surface area (Å²) in [6, 6.07) is 7.27. The maximum atomic E-state index is 11.6. The lowest BCUT2D eigenvalue weighted by molar-refractivity contribution is 0.259. The van der Waals surface area contributed by atoms with E-state index < -0.39 is 10.0 Å². The third-order valence-electron chi connectivity index (χ3n) is 4.20. The molecule has 0 aliphatic heterocycles. The number of halogens is 1. The molecule has 0 bridgehead atoms. The summed E-state index contributed by atoms with van der Waals surface area (Å²) < 4.78 is 25.6. The van der Waals surface area contributed by atoms with Crippen molar-refractivity contribution >= 4 is 33.5 Å². The first-order valence-electron chi connectivity index (χ1n) is 9.41. The topological polar surface area (TPSA) is 117 Å². The largest absolute Gasteiger partial charge is 0.394 e. The van der Waals surface area contributed by atoms with Crippen LogP contribution in [0.1, 0.15) is 44.5 Å². The fourth-order valence-electron chi connectivity index (χ4n) is 2.90. The van der Waals surface area contributed by atoms with Gasteiger partial charge in [-0.1, -0.05) is 44.5 Å². The number of nitrogens with one attached hydrogen (secondary N) is 2. The zero-order valence-electron chi connectivity index (χ0n) is 17.1. The number of aliphatic hydroxyl groups is 1. The van der Waals surface area contributed by atoms with Crippen LogP contribution < -0.4 is 10.0 Å². The normalized spacial score (nSPS) is 13.9. The van der Waals surface area contributed by atoms with E-state index in [1.807, 2.05) is 45.0 Å². The SMILES string of the molecule is CC(C)C[C@H](CO)Nc1nc(C[C@@H](C)c2ccc(Cl)cc2)nc(NS(C)(=O)=O)n1. The van der Waals surface area contributed by atoms with Crippen LogP contribution in [0, 0.1) is 5.92 Å². The van der Waals surface area contributed by atoms with Crippen molar-refractivity contribution in [2.24, 2.45) is 5.92 Å². The molecule has 2 rings (SSSR count). The van der Waals surface area contributed by atoms with Crippen LogP contribution in [0.3, 0.4) is 0 Å². The molecule has 160 valence electrons. The van der Waals surface area contributed by atoms with Gasteiger partial charge in [-0.05, 0) is 36.0 Å². The van der Waals surface area contributed by atoms with E-state index >= 15 is 0 Å². The quantitative estimate of drug-likeness (QED) is 0.518. The summed E-state index contributed by atoms with van der Waals surface area (Å²) in [6.45, 7) is 6.04. The number of anilines is 2. The van der Waals surface area contributed by atoms with Gasteiger partial charge in [0.1, 0.15) is 5.82 Å². The van der Waals surface area contributed by atoms with Crippen molar-refractivity contribution in [1.82, 2.24) is 15.0 Å². The molecule has 3 N–H and O–H groups in total. The molecule has 10 heteroatoms. The van der Waals surface area contributed by atoms with E-state index in [1.54, 1.807) is 0 Å². The Hall–Kier alpha value is -1.97. The average Bonchev–Trinajstić information content (AvgIpc) is 2.59. The summed E-state index contributed by atoms with van der Waals surface area (Å²) in [5.74, 6) is 1.06. The average molecular weight is 442 g/mol. The number of aromatic nitrogens is 3. The van der Waals surface area contributed by atoms with E-state index in [0.29, 0.717) is 29.6 Å². The van der Waals surface area contributed by atoms with Gasteiger partial charge in [-0.15, -0.1) is 0 Å². The van der Waals surface area contributed by atoms with Crippen LogP contribution in [-0.2, 0) is 16.4 Å². The van der Waals surface area contributed by atoms with Gasteiger partial charge in [-0.2, -0.15) is 15.0 Å². The molecule has 0 aliphatic carbocycles. The predicted octanol–water partition coefficient (Wildman–Crippen LogP) is 3.06. The Morgan fingerprint density at radius 2 is 1.69 bits per heavy atom. The zero-order valence-corrected chi connectivity index (χ0v) is 18.6. The first kappa shape index (κ1) is 23.3. The fraction of sp³-hybridized carbons (Fsp3) is 0.526. The number of benzene rings is 1. The van der Waals surface area contributed by atoms with Crippen LogP contribution in [-0.4, -0.2) is 47.4 Å². The van der Waals surface area contributed by atoms with Gasteiger partial charge in [-0.25, -0.2) is 8.42 Å². The van der Waals surface area contributed by atoms with Gasteiger partial charge >= 0.3 is 0 Å². The minimum Gasteiger partial charge on any atom is -0.394 e. The lowest BCUT2D eigenvalue weighted by Gasteiger charge is -2.19. The molecule has 1 heterocycles. The molecule has 29 heavy (non-hydrogen) atoms. The van der Waals surface area contributed by atoms with E-state index in [-0.39, 0.29) is 30.5 Å². The van der Waals surface area contributed by atoms with Gasteiger partial charge in [0.05, 0.1) is 18.9 Å². The Morgan fingerprint density at radius 3 is 2.24 bits per heavy atom. The Balaban J connectivity index is 2.29. The third-order valence-corrected chi connectivity index (χ3v) is 5.00. The molecule has 8 nitrogen and oxygen atoms in total. The highest BCUT2D eigenvalue weighted by molar-refractivity contribution is 7.91. The van der Waals surface area contributed by atoms with Crippen molar-refractivity contribution in [3.63, 3.8) is 0 Å². The third kappa shape index (κ3) is 8.12. The summed E-state index contributed by atoms with van der Waals surface area (Å²) in [5, 5.41) is 13.4. The summed E-state index contributed by atoms with van der Waals surface area (Å²) in [4.78, 5) is 12.8. The lowest BCUT2D eigenvalue weighted by Crippen LogP contribution is -2.27. The maximum absolute atomic E-state index is 11.6. The minimum atomic E-state index is -3.54. The van der Waals surface area contributed by atoms with Gasteiger partial charge in [0, 0.05) is 11.4 Å². The van der Waals surface area contributed by atoms with Gasteiger partial charge in [0.2, 0.25) is 21.9 Å². The van der Waals surface area contributed by atoms with Crippen LogP contribution in [0.15, 0.2) is 24.3 Å². The highest BCUT2D eigenvalue weighted by atomic mass is 35.5. The molecule has 0 fully saturated rings. The van der Waals surface area contributed by atoms with Crippen molar-refractivity contribution in [1.29, 1.82) is 0 Å². The highest BCUT2D eigenvalue weighted by Crippen LogP contribution is 2.22. The van der Waals surface area contributed by atoms with Crippen LogP contribution in [0.4, 0.5) is 11.9 Å². The number of nitrogens with zero attached hydrogens (tertiary/aromatic N) is 3. The molecule has 0 saturated heterocycles. The van der Waals surface area contributed by atoms with Gasteiger partial charge in [0.15, 0.2) is 0 Å². The van der Waals surface area contributed by atoms with Crippen molar-refractivity contribution in [2.45, 2.75) is 45.6 Å². The van der Waals surface area contributed by atoms with Gasteiger partial charge in [-0.3, -0.25) is 4.72 Å². The second-order valence-corrected chi connectivity index (χ2v) is 9.77. The molecular weight excluding hydrogens is 414 g/mol. The van der Waals surface area contributed by atoms with Crippen molar-refractivity contribution in [3.8, 4) is 0 Å². The minimum absolute atomic E-state index is 0.0513. The summed E-state index contributed by atoms with van der Waals surface area (Å²) >= 11 is 5.95. The Morgan fingerprint density at radius 1 is 1.07 bits per heavy atom. The molecule has 2 aromatic rings. The van der Waals surface area contributed by atoms with E-state index in [0.717, 1.165) is 11.8 Å².